The Hall–Kier alpha value is -2.82. The summed E-state index contributed by atoms with van der Waals surface area (Å²) in [5.74, 6) is -0.545. The molecule has 0 aliphatic carbocycles. The van der Waals surface area contributed by atoms with E-state index in [9.17, 15) is 9.59 Å². The fourth-order valence-electron chi connectivity index (χ4n) is 2.45. The van der Waals surface area contributed by atoms with Crippen molar-refractivity contribution in [3.63, 3.8) is 0 Å². The summed E-state index contributed by atoms with van der Waals surface area (Å²) in [6.07, 6.45) is 2.11. The lowest BCUT2D eigenvalue weighted by molar-refractivity contribution is -0.116. The van der Waals surface area contributed by atoms with Crippen molar-refractivity contribution < 1.29 is 9.21 Å². The summed E-state index contributed by atoms with van der Waals surface area (Å²) in [6.45, 7) is 2.06. The number of aromatic amines is 1. The molecule has 0 saturated carbocycles. The van der Waals surface area contributed by atoms with E-state index in [1.807, 2.05) is 0 Å². The Kier molecular flexibility index (Phi) is 4.28. The molecule has 0 bridgehead atoms. The maximum Gasteiger partial charge on any atom is 0.417 e. The molecular weight excluding hydrogens is 292 g/mol. The van der Waals surface area contributed by atoms with Crippen molar-refractivity contribution in [1.29, 1.82) is 0 Å². The first-order valence-electron chi connectivity index (χ1n) is 7.58. The summed E-state index contributed by atoms with van der Waals surface area (Å²) in [6, 6.07) is 13.4. The summed E-state index contributed by atoms with van der Waals surface area (Å²) in [7, 11) is 0. The molecule has 0 atom stereocenters. The first kappa shape index (κ1) is 15.1. The standard InChI is InChI=1S/C18H18N2O3/c1-12-5-7-13(8-6-12)3-2-4-17(21)19-14-9-10-15-16(11-14)23-18(22)20-15/h5-11H,2-4H2,1H3,(H,19,21)(H,20,22). The Morgan fingerprint density at radius 2 is 1.96 bits per heavy atom. The van der Waals surface area contributed by atoms with E-state index < -0.39 is 5.76 Å². The number of benzene rings is 2. The molecule has 0 spiro atoms. The number of oxazole rings is 1. The van der Waals surface area contributed by atoms with Crippen LogP contribution in [0.1, 0.15) is 24.0 Å². The van der Waals surface area contributed by atoms with Crippen molar-refractivity contribution >= 4 is 22.7 Å². The number of amides is 1. The van der Waals surface area contributed by atoms with E-state index in [-0.39, 0.29) is 5.91 Å². The molecule has 118 valence electrons. The van der Waals surface area contributed by atoms with Crippen molar-refractivity contribution in [2.24, 2.45) is 0 Å². The monoisotopic (exact) mass is 310 g/mol. The number of carbonyl (C=O) groups excluding carboxylic acids is 1. The van der Waals surface area contributed by atoms with Crippen LogP contribution in [0.25, 0.3) is 11.1 Å². The highest BCUT2D eigenvalue weighted by Gasteiger charge is 2.06. The van der Waals surface area contributed by atoms with Gasteiger partial charge in [-0.1, -0.05) is 29.8 Å². The molecule has 5 heteroatoms. The molecule has 1 amide bonds. The molecule has 1 aromatic heterocycles. The van der Waals surface area contributed by atoms with Gasteiger partial charge in [0.1, 0.15) is 0 Å². The van der Waals surface area contributed by atoms with Gasteiger partial charge in [0.25, 0.3) is 0 Å². The summed E-state index contributed by atoms with van der Waals surface area (Å²) in [5, 5.41) is 2.82. The van der Waals surface area contributed by atoms with E-state index >= 15 is 0 Å². The van der Waals surface area contributed by atoms with Gasteiger partial charge in [0.05, 0.1) is 5.52 Å². The Morgan fingerprint density at radius 1 is 1.17 bits per heavy atom. The van der Waals surface area contributed by atoms with Gasteiger partial charge >= 0.3 is 5.76 Å². The second-order valence-corrected chi connectivity index (χ2v) is 5.61. The van der Waals surface area contributed by atoms with Crippen LogP contribution in [0, 0.1) is 6.92 Å². The molecule has 1 heterocycles. The zero-order valence-electron chi connectivity index (χ0n) is 12.9. The van der Waals surface area contributed by atoms with Gasteiger partial charge in [0.15, 0.2) is 5.58 Å². The minimum atomic E-state index is -0.499. The third kappa shape index (κ3) is 3.88. The maximum absolute atomic E-state index is 12.0. The fraction of sp³-hybridized carbons (Fsp3) is 0.222. The number of aromatic nitrogens is 1. The molecule has 0 aliphatic rings. The van der Waals surface area contributed by atoms with E-state index in [2.05, 4.69) is 41.5 Å². The molecule has 0 unspecified atom stereocenters. The van der Waals surface area contributed by atoms with E-state index in [0.29, 0.717) is 23.2 Å². The van der Waals surface area contributed by atoms with Gasteiger partial charge < -0.3 is 9.73 Å². The highest BCUT2D eigenvalue weighted by Crippen LogP contribution is 2.16. The fourth-order valence-corrected chi connectivity index (χ4v) is 2.45. The predicted molar refractivity (Wildman–Crippen MR) is 89.6 cm³/mol. The van der Waals surface area contributed by atoms with Crippen LogP contribution in [0.2, 0.25) is 0 Å². The smallest absolute Gasteiger partial charge is 0.408 e. The number of fused-ring (bicyclic) bond motifs is 1. The second kappa shape index (κ2) is 6.52. The molecule has 3 rings (SSSR count). The first-order valence-corrected chi connectivity index (χ1v) is 7.58. The van der Waals surface area contributed by atoms with Crippen molar-refractivity contribution in [1.82, 2.24) is 4.98 Å². The maximum atomic E-state index is 12.0. The lowest BCUT2D eigenvalue weighted by Gasteiger charge is -2.05. The molecule has 3 aromatic rings. The molecule has 2 N–H and O–H groups in total. The third-order valence-electron chi connectivity index (χ3n) is 3.69. The van der Waals surface area contributed by atoms with Crippen molar-refractivity contribution in [3.8, 4) is 0 Å². The minimum Gasteiger partial charge on any atom is -0.408 e. The molecular formula is C18H18N2O3. The van der Waals surface area contributed by atoms with Crippen molar-refractivity contribution in [2.45, 2.75) is 26.2 Å². The number of carbonyl (C=O) groups is 1. The van der Waals surface area contributed by atoms with Gasteiger partial charge in [-0.3, -0.25) is 9.78 Å². The number of hydrogen-bond donors (Lipinski definition) is 2. The average Bonchev–Trinajstić information content (AvgIpc) is 2.88. The van der Waals surface area contributed by atoms with Gasteiger partial charge in [-0.2, -0.15) is 0 Å². The molecule has 2 aromatic carbocycles. The highest BCUT2D eigenvalue weighted by molar-refractivity contribution is 5.92. The Morgan fingerprint density at radius 3 is 2.74 bits per heavy atom. The Labute approximate surface area is 133 Å². The molecule has 0 radical (unpaired) electrons. The average molecular weight is 310 g/mol. The number of aryl methyl sites for hydroxylation is 2. The Balaban J connectivity index is 1.53. The SMILES string of the molecule is Cc1ccc(CCCC(=O)Nc2ccc3[nH]c(=O)oc3c2)cc1. The van der Waals surface area contributed by atoms with Gasteiger partial charge in [-0.05, 0) is 37.5 Å². The quantitative estimate of drug-likeness (QED) is 0.758. The molecule has 0 saturated heterocycles. The minimum absolute atomic E-state index is 0.0469. The number of nitrogens with one attached hydrogen (secondary N) is 2. The normalized spacial score (nSPS) is 10.8. The van der Waals surface area contributed by atoms with Crippen LogP contribution in [0.5, 0.6) is 0 Å². The van der Waals surface area contributed by atoms with Crippen LogP contribution >= 0.6 is 0 Å². The lowest BCUT2D eigenvalue weighted by atomic mass is 10.1. The van der Waals surface area contributed by atoms with Crippen molar-refractivity contribution in [2.75, 3.05) is 5.32 Å². The summed E-state index contributed by atoms with van der Waals surface area (Å²) in [4.78, 5) is 25.7. The van der Waals surface area contributed by atoms with Gasteiger partial charge in [0, 0.05) is 18.2 Å². The topological polar surface area (TPSA) is 75.1 Å². The third-order valence-corrected chi connectivity index (χ3v) is 3.69. The van der Waals surface area contributed by atoms with Gasteiger partial charge in [-0.15, -0.1) is 0 Å². The van der Waals surface area contributed by atoms with Crippen LogP contribution < -0.4 is 11.1 Å². The second-order valence-electron chi connectivity index (χ2n) is 5.61. The molecule has 0 aliphatic heterocycles. The van der Waals surface area contributed by atoms with Crippen LogP contribution in [-0.4, -0.2) is 10.9 Å². The molecule has 0 fully saturated rings. The number of anilines is 1. The summed E-state index contributed by atoms with van der Waals surface area (Å²) < 4.78 is 4.98. The lowest BCUT2D eigenvalue weighted by Crippen LogP contribution is -2.11. The van der Waals surface area contributed by atoms with Crippen LogP contribution in [0.15, 0.2) is 51.7 Å². The van der Waals surface area contributed by atoms with Crippen LogP contribution in [0.4, 0.5) is 5.69 Å². The largest absolute Gasteiger partial charge is 0.417 e. The highest BCUT2D eigenvalue weighted by atomic mass is 16.4. The van der Waals surface area contributed by atoms with Crippen molar-refractivity contribution in [3.05, 3.63) is 64.1 Å². The van der Waals surface area contributed by atoms with E-state index in [1.165, 1.54) is 11.1 Å². The predicted octanol–water partition coefficient (Wildman–Crippen LogP) is 3.39. The van der Waals surface area contributed by atoms with Crippen LogP contribution in [-0.2, 0) is 11.2 Å². The Bertz CT molecular complexity index is 875. The summed E-state index contributed by atoms with van der Waals surface area (Å²) >= 11 is 0. The first-order chi connectivity index (χ1) is 11.1. The number of hydrogen-bond acceptors (Lipinski definition) is 3. The van der Waals surface area contributed by atoms with Crippen LogP contribution in [0.3, 0.4) is 0 Å². The zero-order valence-corrected chi connectivity index (χ0v) is 12.9. The van der Waals surface area contributed by atoms with E-state index in [1.54, 1.807) is 18.2 Å². The van der Waals surface area contributed by atoms with E-state index in [0.717, 1.165) is 12.8 Å². The van der Waals surface area contributed by atoms with Gasteiger partial charge in [0.2, 0.25) is 5.91 Å². The van der Waals surface area contributed by atoms with Gasteiger partial charge in [-0.25, -0.2) is 4.79 Å². The number of H-pyrrole nitrogens is 1. The molecule has 5 nitrogen and oxygen atoms in total. The molecule has 23 heavy (non-hydrogen) atoms. The summed E-state index contributed by atoms with van der Waals surface area (Å²) in [5.41, 5.74) is 4.15. The van der Waals surface area contributed by atoms with E-state index in [4.69, 9.17) is 4.42 Å². The zero-order chi connectivity index (χ0) is 16.2. The number of rotatable bonds is 5.